The number of benzene rings is 1. The van der Waals surface area contributed by atoms with Crippen LogP contribution in [0.2, 0.25) is 5.02 Å². The average Bonchev–Trinajstić information content (AvgIpc) is 3.17. The Balaban J connectivity index is 1.53. The Morgan fingerprint density at radius 2 is 2.06 bits per heavy atom. The van der Waals surface area contributed by atoms with E-state index in [1.807, 2.05) is 32.0 Å². The molecule has 172 valence electrons. The van der Waals surface area contributed by atoms with Crippen LogP contribution < -0.4 is 16.0 Å². The number of alkyl halides is 1. The predicted octanol–water partition coefficient (Wildman–Crippen LogP) is 4.94. The van der Waals surface area contributed by atoms with Gasteiger partial charge in [0.05, 0.1) is 22.4 Å². The second kappa shape index (κ2) is 9.19. The smallest absolute Gasteiger partial charge is 0.416 e. The number of cyclic esters (lactones) is 1. The minimum absolute atomic E-state index is 0.0194. The molecule has 0 bridgehead atoms. The Labute approximate surface area is 196 Å². The molecule has 2 aromatic heterocycles. The van der Waals surface area contributed by atoms with Gasteiger partial charge in [0.2, 0.25) is 5.95 Å². The number of nitrogens with zero attached hydrogens (tertiary/aromatic N) is 4. The molecule has 3 aromatic rings. The fourth-order valence-electron chi connectivity index (χ4n) is 3.69. The Kier molecular flexibility index (Phi) is 6.33. The van der Waals surface area contributed by atoms with Crippen LogP contribution in [0.4, 0.5) is 26.6 Å². The molecule has 1 aliphatic heterocycles. The van der Waals surface area contributed by atoms with Gasteiger partial charge in [0.25, 0.3) is 0 Å². The minimum Gasteiger partial charge on any atom is -0.447 e. The number of rotatable bonds is 6. The molecular weight excluding hydrogens is 447 g/mol. The molecule has 0 unspecified atom stereocenters. The van der Waals surface area contributed by atoms with E-state index in [4.69, 9.17) is 22.1 Å². The van der Waals surface area contributed by atoms with E-state index < -0.39 is 18.3 Å². The molecular formula is C23H24ClFN6O2. The Hall–Kier alpha value is -3.46. The van der Waals surface area contributed by atoms with Crippen LogP contribution in [0, 0.1) is 6.92 Å². The van der Waals surface area contributed by atoms with Crippen molar-refractivity contribution in [3.63, 3.8) is 0 Å². The third-order valence-electron chi connectivity index (χ3n) is 5.55. The van der Waals surface area contributed by atoms with Crippen LogP contribution in [0.15, 0.2) is 42.7 Å². The zero-order valence-electron chi connectivity index (χ0n) is 18.4. The summed E-state index contributed by atoms with van der Waals surface area (Å²) in [5, 5.41) is 3.70. The fraction of sp³-hybridized carbons (Fsp3) is 0.304. The quantitative estimate of drug-likeness (QED) is 0.491. The van der Waals surface area contributed by atoms with Crippen LogP contribution in [0.3, 0.4) is 0 Å². The molecule has 1 aliphatic rings. The number of nitrogens with two attached hydrogens (primary N) is 1. The van der Waals surface area contributed by atoms with Crippen molar-refractivity contribution in [3.8, 4) is 11.1 Å². The molecule has 3 N–H and O–H groups in total. The molecule has 1 fully saturated rings. The third kappa shape index (κ3) is 4.68. The Morgan fingerprint density at radius 3 is 2.76 bits per heavy atom. The summed E-state index contributed by atoms with van der Waals surface area (Å²) in [6.07, 6.45) is 1.41. The third-order valence-corrected chi connectivity index (χ3v) is 5.90. The number of carbonyl (C=O) groups excluding carboxylic acids is 1. The number of ether oxygens (including phenoxy) is 1. The zero-order valence-corrected chi connectivity index (χ0v) is 19.2. The lowest BCUT2D eigenvalue weighted by Crippen LogP contribution is -2.39. The number of nitrogens with one attached hydrogen (secondary N) is 1. The monoisotopic (exact) mass is 470 g/mol. The van der Waals surface area contributed by atoms with Gasteiger partial charge in [-0.1, -0.05) is 17.7 Å². The summed E-state index contributed by atoms with van der Waals surface area (Å²) in [6, 6.07) is 8.05. The van der Waals surface area contributed by atoms with Crippen molar-refractivity contribution < 1.29 is 13.9 Å². The number of nitrogen functional groups attached to an aromatic ring is 1. The Bertz CT molecular complexity index is 1190. The number of hydrogen-bond donors (Lipinski definition) is 2. The van der Waals surface area contributed by atoms with Crippen molar-refractivity contribution in [2.24, 2.45) is 0 Å². The largest absolute Gasteiger partial charge is 0.447 e. The van der Waals surface area contributed by atoms with Crippen molar-refractivity contribution in [1.82, 2.24) is 15.0 Å². The van der Waals surface area contributed by atoms with Gasteiger partial charge in [0, 0.05) is 18.0 Å². The van der Waals surface area contributed by atoms with E-state index in [0.717, 1.165) is 22.4 Å². The summed E-state index contributed by atoms with van der Waals surface area (Å²) in [6.45, 7) is 5.29. The molecule has 0 spiro atoms. The SMILES string of the molecule is Cc1cc([C@H](C)Nc2nccc(N3C(=O)OC[C@@H]3[C@H](C)F)n2)ncc1-c1ccc(Cl)c(N)c1. The molecule has 4 rings (SSSR count). The average molecular weight is 471 g/mol. The van der Waals surface area contributed by atoms with Crippen LogP contribution in [-0.4, -0.2) is 39.9 Å². The van der Waals surface area contributed by atoms with Gasteiger partial charge in [-0.2, -0.15) is 4.98 Å². The van der Waals surface area contributed by atoms with Crippen molar-refractivity contribution in [1.29, 1.82) is 0 Å². The number of carbonyl (C=O) groups is 1. The highest BCUT2D eigenvalue weighted by atomic mass is 35.5. The molecule has 33 heavy (non-hydrogen) atoms. The summed E-state index contributed by atoms with van der Waals surface area (Å²) in [4.78, 5) is 26.5. The summed E-state index contributed by atoms with van der Waals surface area (Å²) in [7, 11) is 0. The minimum atomic E-state index is -1.26. The van der Waals surface area contributed by atoms with Crippen LogP contribution in [0.1, 0.15) is 31.1 Å². The second-order valence-electron chi connectivity index (χ2n) is 7.96. The number of hydrogen-bond acceptors (Lipinski definition) is 7. The lowest BCUT2D eigenvalue weighted by molar-refractivity contribution is 0.174. The lowest BCUT2D eigenvalue weighted by atomic mass is 10.0. The highest BCUT2D eigenvalue weighted by molar-refractivity contribution is 6.33. The van der Waals surface area contributed by atoms with Gasteiger partial charge in [-0.05, 0) is 56.2 Å². The van der Waals surface area contributed by atoms with Gasteiger partial charge in [-0.15, -0.1) is 0 Å². The topological polar surface area (TPSA) is 106 Å². The van der Waals surface area contributed by atoms with Gasteiger partial charge >= 0.3 is 6.09 Å². The van der Waals surface area contributed by atoms with E-state index in [1.165, 1.54) is 18.0 Å². The Morgan fingerprint density at radius 1 is 1.27 bits per heavy atom. The van der Waals surface area contributed by atoms with E-state index in [9.17, 15) is 9.18 Å². The van der Waals surface area contributed by atoms with E-state index in [2.05, 4.69) is 20.3 Å². The first-order chi connectivity index (χ1) is 15.7. The highest BCUT2D eigenvalue weighted by Crippen LogP contribution is 2.30. The molecule has 0 radical (unpaired) electrons. The second-order valence-corrected chi connectivity index (χ2v) is 8.36. The van der Waals surface area contributed by atoms with Gasteiger partial charge in [-0.3, -0.25) is 9.88 Å². The van der Waals surface area contributed by atoms with Gasteiger partial charge in [0.1, 0.15) is 24.6 Å². The number of pyridine rings is 1. The maximum Gasteiger partial charge on any atom is 0.416 e. The van der Waals surface area contributed by atoms with Crippen molar-refractivity contribution in [2.75, 3.05) is 22.6 Å². The first kappa shape index (κ1) is 22.7. The van der Waals surface area contributed by atoms with E-state index in [0.29, 0.717) is 16.7 Å². The van der Waals surface area contributed by atoms with Gasteiger partial charge in [0.15, 0.2) is 0 Å². The molecule has 1 saturated heterocycles. The molecule has 10 heteroatoms. The molecule has 8 nitrogen and oxygen atoms in total. The van der Waals surface area contributed by atoms with E-state index in [1.54, 1.807) is 18.3 Å². The maximum atomic E-state index is 13.9. The van der Waals surface area contributed by atoms with Gasteiger partial charge in [-0.25, -0.2) is 14.2 Å². The number of anilines is 3. The van der Waals surface area contributed by atoms with E-state index in [-0.39, 0.29) is 18.5 Å². The number of halogens is 2. The molecule has 1 aromatic carbocycles. The summed E-state index contributed by atoms with van der Waals surface area (Å²) in [5.41, 5.74) is 10.1. The predicted molar refractivity (Wildman–Crippen MR) is 126 cm³/mol. The normalized spacial score (nSPS) is 17.5. The molecule has 3 atom stereocenters. The van der Waals surface area contributed by atoms with Crippen LogP contribution in [0.5, 0.6) is 0 Å². The summed E-state index contributed by atoms with van der Waals surface area (Å²) < 4.78 is 18.9. The van der Waals surface area contributed by atoms with Crippen LogP contribution in [0.25, 0.3) is 11.1 Å². The first-order valence-electron chi connectivity index (χ1n) is 10.5. The highest BCUT2D eigenvalue weighted by Gasteiger charge is 2.39. The summed E-state index contributed by atoms with van der Waals surface area (Å²) in [5.74, 6) is 0.565. The van der Waals surface area contributed by atoms with Gasteiger partial charge < -0.3 is 15.8 Å². The molecule has 0 aliphatic carbocycles. The standard InChI is InChI=1S/C23H24ClFN6O2/c1-12-8-19(28-10-16(12)15-4-5-17(24)18(26)9-15)14(3)29-22-27-7-6-21(30-22)31-20(13(2)25)11-33-23(31)32/h4-10,13-14,20H,11,26H2,1-3H3,(H,27,29,30)/t13-,14-,20+/m0/s1. The van der Waals surface area contributed by atoms with E-state index >= 15 is 0 Å². The number of aromatic nitrogens is 3. The van der Waals surface area contributed by atoms with Crippen molar-refractivity contribution >= 4 is 35.1 Å². The van der Waals surface area contributed by atoms with Crippen molar-refractivity contribution in [3.05, 3.63) is 59.0 Å². The van der Waals surface area contributed by atoms with Crippen molar-refractivity contribution in [2.45, 2.75) is 39.0 Å². The van der Waals surface area contributed by atoms with Crippen LogP contribution >= 0.6 is 11.6 Å². The van der Waals surface area contributed by atoms with Crippen LogP contribution in [-0.2, 0) is 4.74 Å². The maximum absolute atomic E-state index is 13.9. The molecule has 3 heterocycles. The molecule has 1 amide bonds. The number of aryl methyl sites for hydroxylation is 1. The zero-order chi connectivity index (χ0) is 23.7. The lowest BCUT2D eigenvalue weighted by Gasteiger charge is -2.22. The first-order valence-corrected chi connectivity index (χ1v) is 10.8. The molecule has 0 saturated carbocycles. The number of amides is 1. The fourth-order valence-corrected chi connectivity index (χ4v) is 3.80. The summed E-state index contributed by atoms with van der Waals surface area (Å²) >= 11 is 6.03.